The topological polar surface area (TPSA) is 82.6 Å². The lowest BCUT2D eigenvalue weighted by atomic mass is 10.3. The summed E-state index contributed by atoms with van der Waals surface area (Å²) in [5.41, 5.74) is 0.340. The maximum Gasteiger partial charge on any atom is 0.341 e. The summed E-state index contributed by atoms with van der Waals surface area (Å²) < 4.78 is 47.9. The third-order valence-corrected chi connectivity index (χ3v) is 6.10. The molecule has 1 amide bonds. The van der Waals surface area contributed by atoms with E-state index in [0.29, 0.717) is 36.9 Å². The molecule has 0 radical (unpaired) electrons. The zero-order chi connectivity index (χ0) is 21.0. The summed E-state index contributed by atoms with van der Waals surface area (Å²) in [7, 11) is -4.65. The molecule has 0 spiro atoms. The molecule has 0 bridgehead atoms. The van der Waals surface area contributed by atoms with Crippen LogP contribution in [0, 0.1) is 0 Å². The first kappa shape index (κ1) is 21.4. The molecule has 1 N–H and O–H groups in total. The van der Waals surface area contributed by atoms with E-state index in [9.17, 15) is 22.0 Å². The first-order chi connectivity index (χ1) is 13.8. The number of alkyl halides is 2. The lowest BCUT2D eigenvalue weighted by Crippen LogP contribution is -2.48. The fraction of sp³-hybridized carbons (Fsp3) is 0.333. The second kappa shape index (κ2) is 9.02. The van der Waals surface area contributed by atoms with Crippen molar-refractivity contribution in [1.29, 1.82) is 0 Å². The van der Waals surface area contributed by atoms with Gasteiger partial charge in [0.15, 0.2) is 0 Å². The van der Waals surface area contributed by atoms with Crippen molar-refractivity contribution in [2.24, 2.45) is 0 Å². The molecule has 2 heterocycles. The van der Waals surface area contributed by atoms with Gasteiger partial charge in [0.05, 0.1) is 16.5 Å². The molecule has 3 rings (SSSR count). The molecular formula is C18H19ClF2N4O3S. The highest BCUT2D eigenvalue weighted by Gasteiger charge is 2.26. The van der Waals surface area contributed by atoms with Crippen molar-refractivity contribution in [3.63, 3.8) is 0 Å². The van der Waals surface area contributed by atoms with Gasteiger partial charge in [0.1, 0.15) is 5.82 Å². The fourth-order valence-electron chi connectivity index (χ4n) is 2.92. The molecule has 2 aromatic rings. The molecule has 29 heavy (non-hydrogen) atoms. The number of hydrogen-bond acceptors (Lipinski definition) is 6. The van der Waals surface area contributed by atoms with E-state index in [-0.39, 0.29) is 12.5 Å². The lowest BCUT2D eigenvalue weighted by Gasteiger charge is -2.35. The van der Waals surface area contributed by atoms with Gasteiger partial charge in [0, 0.05) is 38.1 Å². The molecule has 1 aliphatic rings. The van der Waals surface area contributed by atoms with Gasteiger partial charge in [0.2, 0.25) is 15.7 Å². The van der Waals surface area contributed by atoms with E-state index in [2.05, 4.69) is 15.2 Å². The third kappa shape index (κ3) is 5.40. The standard InChI is InChI=1S/C18H19ClF2N4O3S/c19-13-1-6-16(22-11-13)25-9-7-24(8-10-25)12-17(26)23-14-2-4-15(5-3-14)29(27,28)18(20)21/h1-6,11,18H,7-10,12H2,(H,23,26). The number of benzene rings is 1. The Hall–Kier alpha value is -2.30. The number of halogens is 3. The van der Waals surface area contributed by atoms with Gasteiger partial charge >= 0.3 is 5.76 Å². The van der Waals surface area contributed by atoms with E-state index in [0.717, 1.165) is 18.0 Å². The molecule has 1 aliphatic heterocycles. The van der Waals surface area contributed by atoms with Gasteiger partial charge in [-0.1, -0.05) is 11.6 Å². The van der Waals surface area contributed by atoms with Crippen molar-refractivity contribution < 1.29 is 22.0 Å². The minimum atomic E-state index is -4.65. The zero-order valence-corrected chi connectivity index (χ0v) is 16.8. The smallest absolute Gasteiger partial charge is 0.341 e. The Morgan fingerprint density at radius 1 is 1.10 bits per heavy atom. The molecule has 1 aromatic carbocycles. The predicted molar refractivity (Wildman–Crippen MR) is 106 cm³/mol. The Kier molecular flexibility index (Phi) is 6.66. The molecule has 1 saturated heterocycles. The van der Waals surface area contributed by atoms with Crippen LogP contribution in [0.5, 0.6) is 0 Å². The molecule has 0 unspecified atom stereocenters. The summed E-state index contributed by atoms with van der Waals surface area (Å²) in [6, 6.07) is 8.31. The molecular weight excluding hydrogens is 426 g/mol. The van der Waals surface area contributed by atoms with Crippen LogP contribution in [-0.4, -0.2) is 62.7 Å². The summed E-state index contributed by atoms with van der Waals surface area (Å²) >= 11 is 5.85. The summed E-state index contributed by atoms with van der Waals surface area (Å²) in [6.45, 7) is 2.93. The zero-order valence-electron chi connectivity index (χ0n) is 15.3. The molecule has 0 atom stereocenters. The predicted octanol–water partition coefficient (Wildman–Crippen LogP) is 2.49. The number of nitrogens with zero attached hydrogens (tertiary/aromatic N) is 3. The van der Waals surface area contributed by atoms with Crippen LogP contribution in [0.15, 0.2) is 47.5 Å². The largest absolute Gasteiger partial charge is 0.354 e. The number of nitrogens with one attached hydrogen (secondary N) is 1. The van der Waals surface area contributed by atoms with Gasteiger partial charge in [-0.2, -0.15) is 8.78 Å². The van der Waals surface area contributed by atoms with Crippen molar-refractivity contribution in [3.8, 4) is 0 Å². The Balaban J connectivity index is 1.49. The first-order valence-corrected chi connectivity index (χ1v) is 10.7. The number of carbonyl (C=O) groups is 1. The molecule has 0 aliphatic carbocycles. The highest BCUT2D eigenvalue weighted by molar-refractivity contribution is 7.91. The Morgan fingerprint density at radius 3 is 2.31 bits per heavy atom. The average Bonchev–Trinajstić information content (AvgIpc) is 2.69. The van der Waals surface area contributed by atoms with Gasteiger partial charge < -0.3 is 10.2 Å². The Labute approximate surface area is 172 Å². The van der Waals surface area contributed by atoms with E-state index in [1.807, 2.05) is 11.0 Å². The first-order valence-electron chi connectivity index (χ1n) is 8.76. The summed E-state index contributed by atoms with van der Waals surface area (Å²) in [5, 5.41) is 3.22. The number of aromatic nitrogens is 1. The SMILES string of the molecule is O=C(CN1CCN(c2ccc(Cl)cn2)CC1)Nc1ccc(S(=O)(=O)C(F)F)cc1. The van der Waals surface area contributed by atoms with Crippen LogP contribution in [0.3, 0.4) is 0 Å². The number of pyridine rings is 1. The second-order valence-corrected chi connectivity index (χ2v) is 8.83. The summed E-state index contributed by atoms with van der Waals surface area (Å²) in [6.07, 6.45) is 1.59. The van der Waals surface area contributed by atoms with E-state index < -0.39 is 20.5 Å². The quantitative estimate of drug-likeness (QED) is 0.737. The normalized spacial score (nSPS) is 15.5. The van der Waals surface area contributed by atoms with Crippen LogP contribution >= 0.6 is 11.6 Å². The highest BCUT2D eigenvalue weighted by atomic mass is 35.5. The van der Waals surface area contributed by atoms with Crippen LogP contribution in [0.25, 0.3) is 0 Å². The van der Waals surface area contributed by atoms with Gasteiger partial charge in [-0.15, -0.1) is 0 Å². The maximum atomic E-state index is 12.5. The molecule has 156 valence electrons. The molecule has 1 fully saturated rings. The average molecular weight is 445 g/mol. The van der Waals surface area contributed by atoms with E-state index in [1.54, 1.807) is 12.3 Å². The van der Waals surface area contributed by atoms with Crippen LogP contribution in [-0.2, 0) is 14.6 Å². The Morgan fingerprint density at radius 2 is 1.76 bits per heavy atom. The summed E-state index contributed by atoms with van der Waals surface area (Å²) in [5.74, 6) is -2.92. The Bertz CT molecular complexity index is 948. The number of rotatable bonds is 6. The van der Waals surface area contributed by atoms with Gasteiger partial charge in [-0.3, -0.25) is 9.69 Å². The number of hydrogen-bond donors (Lipinski definition) is 1. The minimum absolute atomic E-state index is 0.166. The van der Waals surface area contributed by atoms with Crippen LogP contribution in [0.4, 0.5) is 20.3 Å². The summed E-state index contributed by atoms with van der Waals surface area (Å²) in [4.78, 5) is 20.1. The molecule has 1 aromatic heterocycles. The lowest BCUT2D eigenvalue weighted by molar-refractivity contribution is -0.117. The van der Waals surface area contributed by atoms with Crippen molar-refractivity contribution in [3.05, 3.63) is 47.6 Å². The monoisotopic (exact) mass is 444 g/mol. The van der Waals surface area contributed by atoms with Crippen LogP contribution in [0.2, 0.25) is 5.02 Å². The van der Waals surface area contributed by atoms with Crippen molar-refractivity contribution in [2.45, 2.75) is 10.7 Å². The van der Waals surface area contributed by atoms with Crippen LogP contribution < -0.4 is 10.2 Å². The van der Waals surface area contributed by atoms with E-state index in [4.69, 9.17) is 11.6 Å². The second-order valence-electron chi connectivity index (χ2n) is 6.48. The van der Waals surface area contributed by atoms with Crippen molar-refractivity contribution >= 4 is 38.9 Å². The van der Waals surface area contributed by atoms with E-state index >= 15 is 0 Å². The van der Waals surface area contributed by atoms with Crippen LogP contribution in [0.1, 0.15) is 0 Å². The number of carbonyl (C=O) groups excluding carboxylic acids is 1. The fourth-order valence-corrected chi connectivity index (χ4v) is 3.76. The number of anilines is 2. The van der Waals surface area contributed by atoms with Gasteiger partial charge in [0.25, 0.3) is 0 Å². The highest BCUT2D eigenvalue weighted by Crippen LogP contribution is 2.20. The molecule has 11 heteroatoms. The minimum Gasteiger partial charge on any atom is -0.354 e. The number of piperazine rings is 1. The third-order valence-electron chi connectivity index (χ3n) is 4.48. The molecule has 0 saturated carbocycles. The van der Waals surface area contributed by atoms with E-state index in [1.165, 1.54) is 12.1 Å². The van der Waals surface area contributed by atoms with Gasteiger partial charge in [-0.25, -0.2) is 13.4 Å². The number of amides is 1. The maximum absolute atomic E-state index is 12.5. The van der Waals surface area contributed by atoms with Crippen molar-refractivity contribution in [1.82, 2.24) is 9.88 Å². The van der Waals surface area contributed by atoms with Gasteiger partial charge in [-0.05, 0) is 36.4 Å². The van der Waals surface area contributed by atoms with Crippen molar-refractivity contribution in [2.75, 3.05) is 42.9 Å². The molecule has 7 nitrogen and oxygen atoms in total. The number of sulfone groups is 1.